The normalized spacial score (nSPS) is 11.5. The first-order valence-corrected chi connectivity index (χ1v) is 45.3. The van der Waals surface area contributed by atoms with Crippen LogP contribution >= 0.6 is 86.9 Å². The van der Waals surface area contributed by atoms with Crippen molar-refractivity contribution in [1.82, 2.24) is 49.5 Å². The van der Waals surface area contributed by atoms with Crippen LogP contribution in [0, 0.1) is 23.3 Å². The maximum absolute atomic E-state index is 13.1. The number of nitrogens with zero attached hydrogens (tertiary/aromatic N) is 10. The van der Waals surface area contributed by atoms with Crippen molar-refractivity contribution in [3.8, 4) is 11.4 Å². The summed E-state index contributed by atoms with van der Waals surface area (Å²) in [6.07, 6.45) is 10.9. The Bertz CT molecular complexity index is 6120. The van der Waals surface area contributed by atoms with Crippen LogP contribution in [0.3, 0.4) is 0 Å². The molecule has 0 fully saturated rings. The molecule has 0 saturated carbocycles. The van der Waals surface area contributed by atoms with Crippen molar-refractivity contribution >= 4 is 134 Å². The second kappa shape index (κ2) is 51.1. The van der Waals surface area contributed by atoms with Gasteiger partial charge in [-0.15, -0.1) is 0 Å². The number of aliphatic carboxylic acids is 1. The Morgan fingerprint density at radius 2 is 0.707 bits per heavy atom. The Hall–Kier alpha value is -12.2. The van der Waals surface area contributed by atoms with Crippen molar-refractivity contribution in [2.24, 2.45) is 5.73 Å². The van der Waals surface area contributed by atoms with Crippen LogP contribution in [-0.2, 0) is 63.9 Å². The number of hydrogen-bond donors (Lipinski definition) is 3. The average Bonchev–Trinajstić information content (AvgIpc) is 1.65. The molecular weight excluding hydrogens is 2010 g/mol. The molecule has 6 aromatic carbocycles. The monoisotopic (exact) mass is 2100 g/mol. The fourth-order valence-electron chi connectivity index (χ4n) is 12.0. The highest BCUT2D eigenvalue weighted by molar-refractivity contribution is 9.11. The number of aromatic carboxylic acids is 1. The first kappa shape index (κ1) is 106. The van der Waals surface area contributed by atoms with Crippen LogP contribution in [0.1, 0.15) is 208 Å². The number of benzene rings is 6. The highest BCUT2D eigenvalue weighted by Crippen LogP contribution is 2.30. The van der Waals surface area contributed by atoms with Crippen molar-refractivity contribution < 1.29 is 66.1 Å². The number of carboxylic acid groups (broad SMARTS) is 2. The number of ketones is 6. The van der Waals surface area contributed by atoms with Crippen LogP contribution in [-0.4, -0.2) is 106 Å². The third-order valence-corrected chi connectivity index (χ3v) is 22.3. The molecule has 31 heteroatoms. The van der Waals surface area contributed by atoms with Gasteiger partial charge in [-0.05, 0) is 275 Å². The zero-order valence-corrected chi connectivity index (χ0v) is 81.9. The SMILES string of the molecule is Brc1ccc(Br)nc1.CC(=O)C(C)c1ccc(C(=O)Cc2ccc(F)cc2)nc1.CC(C(=O)CCc1cc(C(C)(C)C)nn1-c1cccc(Cl)c1)c1ccc(C(=O)Cc2ccc(F)cc2)nc1.CC(C(=O)O)c1ccc(C(=O)Cc2ccc(F)cc2)nc1.CC(C)(C)c1cc(CN)n(-c2cccc(Cl)c2)n1.O=C(Cc1ccc(F)cc1)c1ccc(Br)cn1.O=C(O)c1ccc(Br)cn1. The number of Topliss-reactive ketones (excluding diaryl/α,β-unsaturated/α-hetero) is 6. The highest BCUT2D eigenvalue weighted by Gasteiger charge is 2.25. The molecule has 8 heterocycles. The first-order valence-electron chi connectivity index (χ1n) is 41.4. The van der Waals surface area contributed by atoms with Crippen molar-refractivity contribution in [2.45, 2.75) is 143 Å². The second-order valence-corrected chi connectivity index (χ2v) is 36.7. The quantitative estimate of drug-likeness (QED) is 0.0272. The van der Waals surface area contributed by atoms with Crippen LogP contribution in [0.25, 0.3) is 11.4 Å². The maximum atomic E-state index is 13.1. The number of rotatable bonds is 25. The molecule has 0 radical (unpaired) electrons. The fraction of sp³-hybridized carbons (Fsp3) is 0.216. The molecule has 0 bridgehead atoms. The number of carbonyl (C=O) groups excluding carboxylic acids is 6. The van der Waals surface area contributed by atoms with Gasteiger partial charge < -0.3 is 15.9 Å². The molecule has 21 nitrogen and oxygen atoms in total. The molecule has 3 atom stereocenters. The molecule has 0 amide bonds. The first-order chi connectivity index (χ1) is 63.0. The van der Waals surface area contributed by atoms with Crippen molar-refractivity contribution in [3.63, 3.8) is 0 Å². The number of nitrogens with two attached hydrogens (primary N) is 1. The van der Waals surface area contributed by atoms with E-state index < -0.39 is 17.9 Å². The Morgan fingerprint density at radius 1 is 0.391 bits per heavy atom. The van der Waals surface area contributed by atoms with Crippen LogP contribution in [0.2, 0.25) is 10.0 Å². The van der Waals surface area contributed by atoms with E-state index in [0.29, 0.717) is 57.6 Å². The van der Waals surface area contributed by atoms with Gasteiger partial charge in [0.15, 0.2) is 23.1 Å². The lowest BCUT2D eigenvalue weighted by molar-refractivity contribution is -0.138. The molecule has 0 aliphatic heterocycles. The number of pyridine rings is 6. The summed E-state index contributed by atoms with van der Waals surface area (Å²) in [5, 5.41) is 28.1. The minimum absolute atomic E-state index is 0.00768. The van der Waals surface area contributed by atoms with E-state index in [4.69, 9.17) is 44.2 Å². The minimum atomic E-state index is -1.01. The molecular formula is C102H95Br4Cl2F4N11O10. The number of hydrogen-bond acceptors (Lipinski definition) is 17. The summed E-state index contributed by atoms with van der Waals surface area (Å²) in [6, 6.07) is 62.7. The molecule has 0 saturated heterocycles. The number of aryl methyl sites for hydroxylation is 1. The van der Waals surface area contributed by atoms with Gasteiger partial charge in [0, 0.05) is 128 Å². The zero-order chi connectivity index (χ0) is 97.4. The minimum Gasteiger partial charge on any atom is -0.481 e. The smallest absolute Gasteiger partial charge is 0.354 e. The Morgan fingerprint density at radius 3 is 0.992 bits per heavy atom. The van der Waals surface area contributed by atoms with Gasteiger partial charge in [-0.1, -0.05) is 157 Å². The van der Waals surface area contributed by atoms with Crippen LogP contribution in [0.15, 0.2) is 286 Å². The van der Waals surface area contributed by atoms with Gasteiger partial charge in [0.1, 0.15) is 67.9 Å². The molecule has 0 aliphatic carbocycles. The molecule has 14 aromatic rings. The molecule has 4 N–H and O–H groups in total. The van der Waals surface area contributed by atoms with E-state index in [1.54, 1.807) is 136 Å². The lowest BCUT2D eigenvalue weighted by Crippen LogP contribution is -2.13. The summed E-state index contributed by atoms with van der Waals surface area (Å²) in [4.78, 5) is 118. The summed E-state index contributed by atoms with van der Waals surface area (Å²) in [5.41, 5.74) is 17.8. The summed E-state index contributed by atoms with van der Waals surface area (Å²) in [7, 11) is 0. The Kier molecular flexibility index (Phi) is 40.8. The van der Waals surface area contributed by atoms with E-state index in [-0.39, 0.29) is 118 Å². The van der Waals surface area contributed by atoms with Crippen molar-refractivity contribution in [1.29, 1.82) is 0 Å². The van der Waals surface area contributed by atoms with E-state index in [1.165, 1.54) is 80.0 Å². The lowest BCUT2D eigenvalue weighted by atomic mass is 9.91. The number of carboxylic acids is 2. The van der Waals surface area contributed by atoms with Gasteiger partial charge in [-0.2, -0.15) is 10.2 Å². The van der Waals surface area contributed by atoms with E-state index >= 15 is 0 Å². The molecule has 8 aromatic heterocycles. The average molecular weight is 2100 g/mol. The number of carbonyl (C=O) groups is 8. The van der Waals surface area contributed by atoms with E-state index in [9.17, 15) is 55.9 Å². The standard InChI is InChI=1S/C31H31ClFN3O2.C17H16FNO2.C16H14FNO3.C14H18ClN3.C13H9BrFNO.C6H4BrNO2.C5H3Br2N/c1-20(22-10-14-27(34-19-22)29(38)16-21-8-11-24(33)12-9-21)28(37)15-13-26-18-30(31(2,3)4)35-36(26)25-7-5-6-23(32)17-25;1-11(12(2)20)14-5-8-16(19-10-14)17(21)9-13-3-6-15(18)7-4-13;1-10(16(20)21)12-4-7-14(18-9-12)15(19)8-11-2-5-13(17)6-3-11;1-14(2,3)13-8-12(9-16)18(17-13)11-6-4-5-10(15)7-11;14-10-3-6-12(16-8-10)13(17)7-9-1-4-11(15)5-2-9;7-4-1-2-5(6(9)10)8-3-4;6-4-1-2-5(7)8-3-4/h5-12,14,17-20H,13,15-16H2,1-4H3;3-8,10-11H,9H2,1-2H3;2-7,9-10H,8H2,1H3,(H,20,21);4-8H,9,16H2,1-3H3;1-6,8H,7H2;1-3H,(H,9,10);1-3H. The lowest BCUT2D eigenvalue weighted by Gasteiger charge is -2.14. The molecule has 3 unspecified atom stereocenters. The molecule has 0 spiro atoms. The van der Waals surface area contributed by atoms with Gasteiger partial charge in [0.25, 0.3) is 0 Å². The third kappa shape index (κ3) is 34.7. The van der Waals surface area contributed by atoms with E-state index in [0.717, 1.165) is 80.0 Å². The van der Waals surface area contributed by atoms with Gasteiger partial charge in [-0.25, -0.2) is 41.7 Å². The zero-order valence-electron chi connectivity index (χ0n) is 74.1. The third-order valence-electron chi connectivity index (χ3n) is 20.0. The summed E-state index contributed by atoms with van der Waals surface area (Å²) in [5.74, 6) is -4.97. The van der Waals surface area contributed by atoms with Gasteiger partial charge in [-0.3, -0.25) is 53.5 Å². The molecule has 14 rings (SSSR count). The highest BCUT2D eigenvalue weighted by atomic mass is 79.9. The predicted octanol–water partition coefficient (Wildman–Crippen LogP) is 24.1. The van der Waals surface area contributed by atoms with Gasteiger partial charge in [0.2, 0.25) is 0 Å². The fourth-order valence-corrected chi connectivity index (χ4v) is 13.3. The maximum Gasteiger partial charge on any atom is 0.354 e. The second-order valence-electron chi connectivity index (χ2n) is 32.3. The van der Waals surface area contributed by atoms with Crippen molar-refractivity contribution in [2.75, 3.05) is 0 Å². The molecule has 0 aliphatic rings. The van der Waals surface area contributed by atoms with E-state index in [1.807, 2.05) is 77.0 Å². The van der Waals surface area contributed by atoms with Gasteiger partial charge in [0.05, 0.1) is 34.4 Å². The van der Waals surface area contributed by atoms with E-state index in [2.05, 4.69) is 152 Å². The Labute approximate surface area is 812 Å². The van der Waals surface area contributed by atoms with Crippen LogP contribution in [0.4, 0.5) is 17.6 Å². The van der Waals surface area contributed by atoms with Gasteiger partial charge >= 0.3 is 11.9 Å². The molecule has 133 heavy (non-hydrogen) atoms. The summed E-state index contributed by atoms with van der Waals surface area (Å²) in [6.45, 7) is 19.9. The van der Waals surface area contributed by atoms with Crippen LogP contribution in [0.5, 0.6) is 0 Å². The number of aromatic nitrogens is 10. The summed E-state index contributed by atoms with van der Waals surface area (Å²) >= 11 is 25.1. The van der Waals surface area contributed by atoms with Crippen LogP contribution < -0.4 is 5.73 Å². The van der Waals surface area contributed by atoms with Crippen molar-refractivity contribution in [3.05, 3.63) is 409 Å². The number of halogens is 10. The Balaban J connectivity index is 0.000000201. The largest absolute Gasteiger partial charge is 0.481 e. The predicted molar refractivity (Wildman–Crippen MR) is 520 cm³/mol. The topological polar surface area (TPSA) is 316 Å². The molecule has 688 valence electrons. The summed E-state index contributed by atoms with van der Waals surface area (Å²) < 4.78 is 58.6.